The van der Waals surface area contributed by atoms with Crippen LogP contribution in [0.2, 0.25) is 0 Å². The molecule has 2 aromatic carbocycles. The first-order valence-corrected chi connectivity index (χ1v) is 7.15. The van der Waals surface area contributed by atoms with Gasteiger partial charge in [0.2, 0.25) is 0 Å². The summed E-state index contributed by atoms with van der Waals surface area (Å²) >= 11 is 0. The number of benzene rings is 2. The largest absolute Gasteiger partial charge is 0.497 e. The molecular formula is C18H20N2O2. The number of methoxy groups -OCH3 is 1. The third kappa shape index (κ3) is 4.80. The summed E-state index contributed by atoms with van der Waals surface area (Å²) in [5.74, 6) is 1.66. The van der Waals surface area contributed by atoms with Gasteiger partial charge in [0.05, 0.1) is 18.7 Å². The Labute approximate surface area is 131 Å². The fourth-order valence-corrected chi connectivity index (χ4v) is 2.12. The highest BCUT2D eigenvalue weighted by atomic mass is 16.5. The fraction of sp³-hybridized carbons (Fsp3) is 0.278. The van der Waals surface area contributed by atoms with Crippen molar-refractivity contribution in [3.8, 4) is 17.6 Å². The van der Waals surface area contributed by atoms with Gasteiger partial charge in [-0.1, -0.05) is 12.1 Å². The van der Waals surface area contributed by atoms with Gasteiger partial charge in [0.15, 0.2) is 0 Å². The van der Waals surface area contributed by atoms with Gasteiger partial charge in [-0.05, 0) is 49.0 Å². The summed E-state index contributed by atoms with van der Waals surface area (Å²) in [6.07, 6.45) is 0. The monoisotopic (exact) mass is 296 g/mol. The van der Waals surface area contributed by atoms with Gasteiger partial charge >= 0.3 is 0 Å². The molecular weight excluding hydrogens is 276 g/mol. The average Bonchev–Trinajstić information content (AvgIpc) is 2.55. The van der Waals surface area contributed by atoms with Crippen molar-refractivity contribution in [2.75, 3.05) is 27.3 Å². The van der Waals surface area contributed by atoms with Crippen molar-refractivity contribution < 1.29 is 9.47 Å². The van der Waals surface area contributed by atoms with Crippen LogP contribution in [0.4, 0.5) is 0 Å². The molecule has 0 N–H and O–H groups in total. The first-order chi connectivity index (χ1) is 10.7. The summed E-state index contributed by atoms with van der Waals surface area (Å²) in [6.45, 7) is 2.21. The van der Waals surface area contributed by atoms with E-state index in [1.807, 2.05) is 55.6 Å². The van der Waals surface area contributed by atoms with Crippen molar-refractivity contribution in [3.05, 3.63) is 59.7 Å². The van der Waals surface area contributed by atoms with Gasteiger partial charge in [0, 0.05) is 13.1 Å². The molecule has 0 aromatic heterocycles. The summed E-state index contributed by atoms with van der Waals surface area (Å²) in [4.78, 5) is 2.17. The molecule has 4 heteroatoms. The predicted molar refractivity (Wildman–Crippen MR) is 86.0 cm³/mol. The van der Waals surface area contributed by atoms with Crippen molar-refractivity contribution in [1.29, 1.82) is 5.26 Å². The molecule has 0 amide bonds. The Morgan fingerprint density at radius 1 is 1.09 bits per heavy atom. The number of nitrogens with zero attached hydrogens (tertiary/aromatic N) is 2. The second-order valence-corrected chi connectivity index (χ2v) is 5.07. The zero-order valence-electron chi connectivity index (χ0n) is 13.0. The minimum Gasteiger partial charge on any atom is -0.497 e. The Morgan fingerprint density at radius 3 is 2.50 bits per heavy atom. The molecule has 0 heterocycles. The summed E-state index contributed by atoms with van der Waals surface area (Å²) in [5.41, 5.74) is 1.83. The minimum atomic E-state index is 0.612. The Balaban J connectivity index is 1.77. The highest BCUT2D eigenvalue weighted by Crippen LogP contribution is 2.16. The zero-order valence-corrected chi connectivity index (χ0v) is 13.0. The lowest BCUT2D eigenvalue weighted by Gasteiger charge is -2.17. The molecule has 22 heavy (non-hydrogen) atoms. The van der Waals surface area contributed by atoms with Crippen molar-refractivity contribution in [3.63, 3.8) is 0 Å². The maximum atomic E-state index is 8.91. The van der Waals surface area contributed by atoms with Crippen LogP contribution in [0.25, 0.3) is 0 Å². The summed E-state index contributed by atoms with van der Waals surface area (Å²) in [7, 11) is 3.68. The molecule has 0 fully saturated rings. The number of hydrogen-bond donors (Lipinski definition) is 0. The Kier molecular flexibility index (Phi) is 5.81. The molecule has 114 valence electrons. The van der Waals surface area contributed by atoms with Crippen LogP contribution in [-0.2, 0) is 6.54 Å². The van der Waals surface area contributed by atoms with Crippen LogP contribution in [0.15, 0.2) is 48.5 Å². The normalized spacial score (nSPS) is 10.3. The smallest absolute Gasteiger partial charge is 0.119 e. The van der Waals surface area contributed by atoms with Crippen molar-refractivity contribution in [2.24, 2.45) is 0 Å². The second kappa shape index (κ2) is 8.06. The highest BCUT2D eigenvalue weighted by molar-refractivity contribution is 5.33. The van der Waals surface area contributed by atoms with Gasteiger partial charge < -0.3 is 9.47 Å². The second-order valence-electron chi connectivity index (χ2n) is 5.07. The van der Waals surface area contributed by atoms with E-state index in [1.165, 1.54) is 0 Å². The third-order valence-corrected chi connectivity index (χ3v) is 3.31. The van der Waals surface area contributed by atoms with E-state index in [2.05, 4.69) is 11.0 Å². The van der Waals surface area contributed by atoms with Crippen LogP contribution < -0.4 is 9.47 Å². The van der Waals surface area contributed by atoms with Gasteiger partial charge in [-0.15, -0.1) is 0 Å². The van der Waals surface area contributed by atoms with E-state index in [0.29, 0.717) is 12.2 Å². The fourth-order valence-electron chi connectivity index (χ4n) is 2.12. The molecule has 0 radical (unpaired) electrons. The van der Waals surface area contributed by atoms with Gasteiger partial charge in [0.1, 0.15) is 18.1 Å². The lowest BCUT2D eigenvalue weighted by molar-refractivity contribution is 0.232. The quantitative estimate of drug-likeness (QED) is 0.787. The number of hydrogen-bond acceptors (Lipinski definition) is 4. The Bertz CT molecular complexity index is 632. The van der Waals surface area contributed by atoms with Crippen LogP contribution in [0, 0.1) is 11.3 Å². The van der Waals surface area contributed by atoms with Crippen LogP contribution in [0.5, 0.6) is 11.5 Å². The molecule has 0 spiro atoms. The Hall–Kier alpha value is -2.51. The van der Waals surface area contributed by atoms with Crippen LogP contribution >= 0.6 is 0 Å². The molecule has 0 aliphatic rings. The number of rotatable bonds is 7. The number of ether oxygens (including phenoxy) is 2. The first-order valence-electron chi connectivity index (χ1n) is 7.15. The third-order valence-electron chi connectivity index (χ3n) is 3.31. The summed E-state index contributed by atoms with van der Waals surface area (Å²) in [5, 5.41) is 8.91. The van der Waals surface area contributed by atoms with E-state index in [1.54, 1.807) is 7.11 Å². The van der Waals surface area contributed by atoms with Crippen LogP contribution in [-0.4, -0.2) is 32.2 Å². The standard InChI is InChI=1S/C18H20N2O2/c1-20(14-16-5-3-4-15(12-16)13-19)10-11-22-18-8-6-17(21-2)7-9-18/h3-9,12H,10-11,14H2,1-2H3. The van der Waals surface area contributed by atoms with E-state index in [0.717, 1.165) is 30.2 Å². The predicted octanol–water partition coefficient (Wildman–Crippen LogP) is 3.08. The molecule has 0 unspecified atom stereocenters. The number of nitriles is 1. The SMILES string of the molecule is COc1ccc(OCCN(C)Cc2cccc(C#N)c2)cc1. The number of likely N-dealkylation sites (N-methyl/N-ethyl adjacent to an activating group) is 1. The lowest BCUT2D eigenvalue weighted by Crippen LogP contribution is -2.23. The molecule has 2 rings (SSSR count). The summed E-state index contributed by atoms with van der Waals surface area (Å²) in [6, 6.07) is 17.4. The van der Waals surface area contributed by atoms with E-state index < -0.39 is 0 Å². The molecule has 4 nitrogen and oxygen atoms in total. The molecule has 0 aliphatic heterocycles. The molecule has 0 atom stereocenters. The van der Waals surface area contributed by atoms with Crippen molar-refractivity contribution in [2.45, 2.75) is 6.54 Å². The Morgan fingerprint density at radius 2 is 1.82 bits per heavy atom. The van der Waals surface area contributed by atoms with Gasteiger partial charge in [-0.2, -0.15) is 5.26 Å². The van der Waals surface area contributed by atoms with E-state index >= 15 is 0 Å². The van der Waals surface area contributed by atoms with Crippen LogP contribution in [0.1, 0.15) is 11.1 Å². The molecule has 0 saturated heterocycles. The van der Waals surface area contributed by atoms with E-state index in [-0.39, 0.29) is 0 Å². The van der Waals surface area contributed by atoms with Gasteiger partial charge in [0.25, 0.3) is 0 Å². The maximum absolute atomic E-state index is 8.91. The van der Waals surface area contributed by atoms with Crippen molar-refractivity contribution >= 4 is 0 Å². The minimum absolute atomic E-state index is 0.612. The van der Waals surface area contributed by atoms with Gasteiger partial charge in [-0.3, -0.25) is 4.90 Å². The average molecular weight is 296 g/mol. The molecule has 0 aliphatic carbocycles. The first kappa shape index (κ1) is 15.9. The molecule has 0 saturated carbocycles. The highest BCUT2D eigenvalue weighted by Gasteiger charge is 2.02. The van der Waals surface area contributed by atoms with Crippen molar-refractivity contribution in [1.82, 2.24) is 4.90 Å². The van der Waals surface area contributed by atoms with Gasteiger partial charge in [-0.25, -0.2) is 0 Å². The maximum Gasteiger partial charge on any atom is 0.119 e. The summed E-state index contributed by atoms with van der Waals surface area (Å²) < 4.78 is 10.8. The van der Waals surface area contributed by atoms with E-state index in [4.69, 9.17) is 14.7 Å². The molecule has 0 bridgehead atoms. The lowest BCUT2D eigenvalue weighted by atomic mass is 10.1. The van der Waals surface area contributed by atoms with E-state index in [9.17, 15) is 0 Å². The molecule has 2 aromatic rings. The zero-order chi connectivity index (χ0) is 15.8. The topological polar surface area (TPSA) is 45.5 Å². The van der Waals surface area contributed by atoms with Crippen LogP contribution in [0.3, 0.4) is 0 Å².